The molecule has 0 atom stereocenters. The van der Waals surface area contributed by atoms with Crippen molar-refractivity contribution in [2.45, 2.75) is 6.92 Å². The maximum atomic E-state index is 11.0. The number of oxazole rings is 1. The van der Waals surface area contributed by atoms with Crippen LogP contribution in [0.5, 0.6) is 5.75 Å². The van der Waals surface area contributed by atoms with Gasteiger partial charge in [-0.3, -0.25) is 0 Å². The Morgan fingerprint density at radius 3 is 2.94 bits per heavy atom. The molecule has 3 rings (SSSR count). The van der Waals surface area contributed by atoms with Crippen molar-refractivity contribution in [1.29, 1.82) is 0 Å². The second kappa shape index (κ2) is 3.71. The standard InChI is InChI=1S/C12H9NO4S/c1-5-13-10-6-3-9(12(14)15)18-8(6)4-7(16-2)11(10)17-5/h3-4H,1-2H3,(H,14,15). The summed E-state index contributed by atoms with van der Waals surface area (Å²) in [6.07, 6.45) is 0. The maximum Gasteiger partial charge on any atom is 0.345 e. The third kappa shape index (κ3) is 1.46. The molecule has 0 amide bonds. The van der Waals surface area contributed by atoms with Crippen molar-refractivity contribution in [3.05, 3.63) is 22.9 Å². The van der Waals surface area contributed by atoms with Crippen molar-refractivity contribution in [3.8, 4) is 5.75 Å². The summed E-state index contributed by atoms with van der Waals surface area (Å²) in [6, 6.07) is 3.39. The fourth-order valence-electron chi connectivity index (χ4n) is 1.92. The summed E-state index contributed by atoms with van der Waals surface area (Å²) >= 11 is 1.20. The number of aryl methyl sites for hydroxylation is 1. The number of aromatic carboxylic acids is 1. The van der Waals surface area contributed by atoms with Crippen LogP contribution >= 0.6 is 11.3 Å². The molecule has 5 nitrogen and oxygen atoms in total. The highest BCUT2D eigenvalue weighted by Gasteiger charge is 2.17. The fraction of sp³-hybridized carbons (Fsp3) is 0.167. The molecule has 92 valence electrons. The molecule has 3 aromatic rings. The van der Waals surface area contributed by atoms with Crippen LogP contribution in [0.15, 0.2) is 16.5 Å². The van der Waals surface area contributed by atoms with E-state index in [1.807, 2.05) is 0 Å². The van der Waals surface area contributed by atoms with E-state index in [0.29, 0.717) is 22.7 Å². The Morgan fingerprint density at radius 1 is 1.50 bits per heavy atom. The van der Waals surface area contributed by atoms with E-state index < -0.39 is 5.97 Å². The van der Waals surface area contributed by atoms with E-state index in [9.17, 15) is 4.79 Å². The minimum atomic E-state index is -0.941. The van der Waals surface area contributed by atoms with Gasteiger partial charge in [-0.1, -0.05) is 0 Å². The van der Waals surface area contributed by atoms with Crippen molar-refractivity contribution >= 4 is 38.5 Å². The molecule has 0 bridgehead atoms. The lowest BCUT2D eigenvalue weighted by Crippen LogP contribution is -1.89. The quantitative estimate of drug-likeness (QED) is 0.769. The molecule has 18 heavy (non-hydrogen) atoms. The summed E-state index contributed by atoms with van der Waals surface area (Å²) in [6.45, 7) is 1.75. The summed E-state index contributed by atoms with van der Waals surface area (Å²) < 4.78 is 11.6. The Kier molecular flexibility index (Phi) is 2.27. The second-order valence-electron chi connectivity index (χ2n) is 3.82. The van der Waals surface area contributed by atoms with Crippen LogP contribution in [0.1, 0.15) is 15.6 Å². The maximum absolute atomic E-state index is 11.0. The molecule has 0 fully saturated rings. The molecule has 1 N–H and O–H groups in total. The number of hydrogen-bond donors (Lipinski definition) is 1. The Labute approximate surface area is 106 Å². The second-order valence-corrected chi connectivity index (χ2v) is 4.90. The van der Waals surface area contributed by atoms with Gasteiger partial charge in [0.15, 0.2) is 17.2 Å². The zero-order chi connectivity index (χ0) is 12.9. The molecule has 6 heteroatoms. The molecular formula is C12H9NO4S. The van der Waals surface area contributed by atoms with Crippen LogP contribution in [0.4, 0.5) is 0 Å². The molecule has 0 radical (unpaired) electrons. The number of methoxy groups -OCH3 is 1. The van der Waals surface area contributed by atoms with E-state index >= 15 is 0 Å². The lowest BCUT2D eigenvalue weighted by molar-refractivity contribution is 0.0702. The molecule has 0 saturated heterocycles. The summed E-state index contributed by atoms with van der Waals surface area (Å²) in [5, 5.41) is 9.81. The molecule has 0 saturated carbocycles. The van der Waals surface area contributed by atoms with Crippen molar-refractivity contribution in [2.24, 2.45) is 0 Å². The Bertz CT molecular complexity index is 771. The topological polar surface area (TPSA) is 72.6 Å². The van der Waals surface area contributed by atoms with E-state index in [1.165, 1.54) is 11.3 Å². The van der Waals surface area contributed by atoms with Crippen LogP contribution in [0, 0.1) is 6.92 Å². The first-order valence-corrected chi connectivity index (χ1v) is 6.03. The lowest BCUT2D eigenvalue weighted by Gasteiger charge is -1.99. The van der Waals surface area contributed by atoms with Crippen LogP contribution in [0.2, 0.25) is 0 Å². The summed E-state index contributed by atoms with van der Waals surface area (Å²) in [4.78, 5) is 15.6. The molecule has 0 aliphatic heterocycles. The van der Waals surface area contributed by atoms with E-state index in [-0.39, 0.29) is 4.88 Å². The molecule has 0 unspecified atom stereocenters. The summed E-state index contributed by atoms with van der Waals surface area (Å²) in [7, 11) is 1.55. The zero-order valence-electron chi connectivity index (χ0n) is 9.68. The summed E-state index contributed by atoms with van der Waals surface area (Å²) in [5.41, 5.74) is 1.20. The van der Waals surface area contributed by atoms with Crippen LogP contribution in [-0.2, 0) is 0 Å². The number of thiophene rings is 1. The van der Waals surface area contributed by atoms with Gasteiger partial charge in [-0.15, -0.1) is 11.3 Å². The van der Waals surface area contributed by atoms with Gasteiger partial charge in [-0.25, -0.2) is 9.78 Å². The Morgan fingerprint density at radius 2 is 2.28 bits per heavy atom. The molecule has 0 aliphatic carbocycles. The smallest absolute Gasteiger partial charge is 0.345 e. The number of carboxylic acids is 1. The minimum absolute atomic E-state index is 0.278. The SMILES string of the molecule is COc1cc2sc(C(=O)O)cc2c2nc(C)oc12. The molecule has 2 heterocycles. The monoisotopic (exact) mass is 263 g/mol. The molecule has 0 spiro atoms. The average Bonchev–Trinajstić information content (AvgIpc) is 2.89. The van der Waals surface area contributed by atoms with Crippen LogP contribution in [0.3, 0.4) is 0 Å². The van der Waals surface area contributed by atoms with Gasteiger partial charge in [0.2, 0.25) is 0 Å². The van der Waals surface area contributed by atoms with E-state index in [4.69, 9.17) is 14.3 Å². The van der Waals surface area contributed by atoms with E-state index in [0.717, 1.165) is 10.1 Å². The number of carbonyl (C=O) groups is 1. The van der Waals surface area contributed by atoms with Gasteiger partial charge in [0, 0.05) is 23.1 Å². The van der Waals surface area contributed by atoms with Crippen LogP contribution in [-0.4, -0.2) is 23.2 Å². The average molecular weight is 263 g/mol. The predicted molar refractivity (Wildman–Crippen MR) is 67.6 cm³/mol. The number of nitrogens with zero attached hydrogens (tertiary/aromatic N) is 1. The number of ether oxygens (including phenoxy) is 1. The van der Waals surface area contributed by atoms with Crippen molar-refractivity contribution in [2.75, 3.05) is 7.11 Å². The molecule has 0 aliphatic rings. The van der Waals surface area contributed by atoms with Gasteiger partial charge in [-0.2, -0.15) is 0 Å². The largest absolute Gasteiger partial charge is 0.493 e. The predicted octanol–water partition coefficient (Wildman–Crippen LogP) is 3.06. The minimum Gasteiger partial charge on any atom is -0.493 e. The first kappa shape index (κ1) is 11.0. The van der Waals surface area contributed by atoms with Crippen LogP contribution in [0.25, 0.3) is 21.2 Å². The number of hydrogen-bond acceptors (Lipinski definition) is 5. The van der Waals surface area contributed by atoms with Crippen molar-refractivity contribution in [3.63, 3.8) is 0 Å². The van der Waals surface area contributed by atoms with Gasteiger partial charge < -0.3 is 14.3 Å². The highest BCUT2D eigenvalue weighted by Crippen LogP contribution is 2.37. The highest BCUT2D eigenvalue weighted by molar-refractivity contribution is 7.20. The first-order valence-electron chi connectivity index (χ1n) is 5.21. The van der Waals surface area contributed by atoms with E-state index in [2.05, 4.69) is 4.98 Å². The van der Waals surface area contributed by atoms with Gasteiger partial charge in [0.05, 0.1) is 7.11 Å². The third-order valence-corrected chi connectivity index (χ3v) is 3.74. The number of benzene rings is 1. The fourth-order valence-corrected chi connectivity index (χ4v) is 2.85. The molecule has 2 aromatic heterocycles. The highest BCUT2D eigenvalue weighted by atomic mass is 32.1. The Balaban J connectivity index is 2.46. The number of carboxylic acid groups (broad SMARTS) is 1. The first-order chi connectivity index (χ1) is 8.60. The number of aromatic nitrogens is 1. The Hall–Kier alpha value is -2.08. The lowest BCUT2D eigenvalue weighted by atomic mass is 10.2. The van der Waals surface area contributed by atoms with Crippen molar-refractivity contribution in [1.82, 2.24) is 4.98 Å². The van der Waals surface area contributed by atoms with E-state index in [1.54, 1.807) is 26.2 Å². The number of rotatable bonds is 2. The third-order valence-electron chi connectivity index (χ3n) is 2.67. The van der Waals surface area contributed by atoms with Gasteiger partial charge in [0.1, 0.15) is 10.4 Å². The van der Waals surface area contributed by atoms with Crippen LogP contribution < -0.4 is 4.74 Å². The zero-order valence-corrected chi connectivity index (χ0v) is 10.5. The van der Waals surface area contributed by atoms with Gasteiger partial charge in [0.25, 0.3) is 0 Å². The van der Waals surface area contributed by atoms with Gasteiger partial charge >= 0.3 is 5.97 Å². The normalized spacial score (nSPS) is 11.2. The van der Waals surface area contributed by atoms with Crippen molar-refractivity contribution < 1.29 is 19.1 Å². The molecular weight excluding hydrogens is 254 g/mol. The summed E-state index contributed by atoms with van der Waals surface area (Å²) in [5.74, 6) is 0.152. The molecule has 1 aromatic carbocycles. The van der Waals surface area contributed by atoms with Gasteiger partial charge in [-0.05, 0) is 6.07 Å². The number of fused-ring (bicyclic) bond motifs is 3.